The van der Waals surface area contributed by atoms with Gasteiger partial charge in [-0.2, -0.15) is 9.29 Å². The van der Waals surface area contributed by atoms with Crippen LogP contribution in [0.5, 0.6) is 0 Å². The molecule has 160 valence electrons. The van der Waals surface area contributed by atoms with Crippen molar-refractivity contribution in [3.05, 3.63) is 18.5 Å². The second kappa shape index (κ2) is 8.11. The van der Waals surface area contributed by atoms with Gasteiger partial charge in [-0.25, -0.2) is 22.2 Å². The van der Waals surface area contributed by atoms with Crippen LogP contribution in [0.1, 0.15) is 25.3 Å². The number of aromatic nitrogens is 3. The van der Waals surface area contributed by atoms with E-state index in [1.807, 2.05) is 16.8 Å². The zero-order valence-corrected chi connectivity index (χ0v) is 17.1. The number of rotatable bonds is 4. The average molecular weight is 429 g/mol. The molecule has 2 N–H and O–H groups in total. The van der Waals surface area contributed by atoms with Gasteiger partial charge in [-0.05, 0) is 31.9 Å². The Hall–Kier alpha value is -1.85. The Morgan fingerprint density at radius 2 is 2.10 bits per heavy atom. The number of nitrogens with one attached hydrogen (secondary N) is 2. The fraction of sp³-hybridized carbons (Fsp3) is 0.667. The van der Waals surface area contributed by atoms with Gasteiger partial charge < -0.3 is 15.2 Å². The third-order valence-corrected chi connectivity index (χ3v) is 6.98. The first-order chi connectivity index (χ1) is 13.8. The predicted molar refractivity (Wildman–Crippen MR) is 107 cm³/mol. The Labute approximate surface area is 168 Å². The molecule has 0 amide bonds. The number of hydrogen-bond donors (Lipinski definition) is 2. The van der Waals surface area contributed by atoms with Crippen molar-refractivity contribution < 1.29 is 17.2 Å². The van der Waals surface area contributed by atoms with Crippen LogP contribution in [-0.2, 0) is 10.0 Å². The summed E-state index contributed by atoms with van der Waals surface area (Å²) in [6, 6.07) is 0.967. The summed E-state index contributed by atoms with van der Waals surface area (Å²) in [5.74, 6) is 0.264. The molecule has 0 saturated carbocycles. The number of fused-ring (bicyclic) bond motifs is 1. The maximum Gasteiger partial charge on any atom is 0.224 e. The lowest BCUT2D eigenvalue weighted by Crippen LogP contribution is -2.49. The number of anilines is 1. The van der Waals surface area contributed by atoms with Gasteiger partial charge >= 0.3 is 0 Å². The van der Waals surface area contributed by atoms with E-state index in [2.05, 4.69) is 20.6 Å². The second-order valence-corrected chi connectivity index (χ2v) is 9.78. The van der Waals surface area contributed by atoms with Gasteiger partial charge in [-0.1, -0.05) is 0 Å². The topological polar surface area (TPSA) is 92.2 Å². The highest BCUT2D eigenvalue weighted by Gasteiger charge is 2.33. The van der Waals surface area contributed by atoms with Crippen molar-refractivity contribution in [1.29, 1.82) is 0 Å². The summed E-state index contributed by atoms with van der Waals surface area (Å²) >= 11 is 0. The summed E-state index contributed by atoms with van der Waals surface area (Å²) in [5, 5.41) is 6.89. The van der Waals surface area contributed by atoms with Crippen LogP contribution in [0.4, 0.5) is 14.7 Å². The summed E-state index contributed by atoms with van der Waals surface area (Å²) in [4.78, 5) is 8.79. The van der Waals surface area contributed by atoms with E-state index in [-0.39, 0.29) is 25.1 Å². The monoisotopic (exact) mass is 428 g/mol. The Bertz CT molecular complexity index is 968. The molecule has 0 aliphatic carbocycles. The molecule has 2 fully saturated rings. The molecule has 0 spiro atoms. The SMILES string of the molecule is CS(=O)(=O)N1CC[C@@H](Nc2ncc3ccn([C@H]4CCCNC[C@H]4F)c3n2)[C@H](F)C1. The molecule has 11 heteroatoms. The number of hydrogen-bond acceptors (Lipinski definition) is 6. The molecular formula is C18H26F2N6O2S. The third kappa shape index (κ3) is 4.36. The molecule has 4 rings (SSSR count). The fourth-order valence-corrected chi connectivity index (χ4v) is 4.94. The molecule has 29 heavy (non-hydrogen) atoms. The highest BCUT2D eigenvalue weighted by Crippen LogP contribution is 2.28. The summed E-state index contributed by atoms with van der Waals surface area (Å²) < 4.78 is 55.4. The van der Waals surface area contributed by atoms with Gasteiger partial charge in [0.25, 0.3) is 0 Å². The van der Waals surface area contributed by atoms with Gasteiger partial charge in [-0.15, -0.1) is 0 Å². The van der Waals surface area contributed by atoms with Gasteiger partial charge in [0.1, 0.15) is 18.0 Å². The lowest BCUT2D eigenvalue weighted by molar-refractivity contribution is 0.186. The number of nitrogens with zero attached hydrogens (tertiary/aromatic N) is 4. The maximum absolute atomic E-state index is 14.6. The lowest BCUT2D eigenvalue weighted by atomic mass is 10.1. The van der Waals surface area contributed by atoms with E-state index >= 15 is 0 Å². The molecule has 0 unspecified atom stereocenters. The molecule has 0 aromatic carbocycles. The highest BCUT2D eigenvalue weighted by molar-refractivity contribution is 7.88. The minimum atomic E-state index is -3.41. The molecule has 4 atom stereocenters. The standard InChI is InChI=1S/C18H26F2N6O2S/c1-29(27,28)25-7-5-15(14(20)11-25)23-18-22-9-12-4-8-26(17(12)24-18)16-3-2-6-21-10-13(16)19/h4,8-9,13-16,21H,2-3,5-7,10-11H2,1H3,(H,22,23,24)/t13-,14-,15-,16+/m1/s1. The molecular weight excluding hydrogens is 402 g/mol. The second-order valence-electron chi connectivity index (χ2n) is 7.80. The minimum absolute atomic E-state index is 0.187. The van der Waals surface area contributed by atoms with Crippen LogP contribution in [0.25, 0.3) is 11.0 Å². The molecule has 0 radical (unpaired) electrons. The quantitative estimate of drug-likeness (QED) is 0.767. The molecule has 4 heterocycles. The number of piperidine rings is 1. The number of sulfonamides is 1. The zero-order valence-electron chi connectivity index (χ0n) is 16.3. The van der Waals surface area contributed by atoms with Crippen LogP contribution in [0.3, 0.4) is 0 Å². The van der Waals surface area contributed by atoms with Crippen molar-refractivity contribution in [2.75, 3.05) is 37.8 Å². The van der Waals surface area contributed by atoms with Crippen molar-refractivity contribution >= 4 is 27.0 Å². The first-order valence-corrected chi connectivity index (χ1v) is 11.7. The van der Waals surface area contributed by atoms with Crippen molar-refractivity contribution in [3.63, 3.8) is 0 Å². The molecule has 2 aromatic rings. The van der Waals surface area contributed by atoms with Crippen molar-refractivity contribution in [2.45, 2.75) is 43.7 Å². The summed E-state index contributed by atoms with van der Waals surface area (Å²) in [6.45, 7) is 1.16. The Kier molecular flexibility index (Phi) is 5.71. The van der Waals surface area contributed by atoms with E-state index in [1.165, 1.54) is 0 Å². The summed E-state index contributed by atoms with van der Waals surface area (Å²) in [6.07, 6.45) is 4.07. The zero-order chi connectivity index (χ0) is 20.6. The van der Waals surface area contributed by atoms with Crippen LogP contribution in [-0.4, -0.2) is 78.1 Å². The van der Waals surface area contributed by atoms with Gasteiger partial charge in [0.2, 0.25) is 16.0 Å². The number of alkyl halides is 2. The Balaban J connectivity index is 1.53. The first kappa shape index (κ1) is 20.4. The van der Waals surface area contributed by atoms with Crippen LogP contribution in [0.15, 0.2) is 18.5 Å². The Morgan fingerprint density at radius 3 is 2.86 bits per heavy atom. The van der Waals surface area contributed by atoms with E-state index in [4.69, 9.17) is 0 Å². The van der Waals surface area contributed by atoms with E-state index in [0.717, 1.165) is 28.9 Å². The molecule has 2 aliphatic heterocycles. The van der Waals surface area contributed by atoms with Gasteiger partial charge in [0, 0.05) is 37.4 Å². The lowest BCUT2D eigenvalue weighted by Gasteiger charge is -2.33. The highest BCUT2D eigenvalue weighted by atomic mass is 32.2. The van der Waals surface area contributed by atoms with Crippen molar-refractivity contribution in [1.82, 2.24) is 24.2 Å². The molecule has 2 aliphatic rings. The smallest absolute Gasteiger partial charge is 0.224 e. The minimum Gasteiger partial charge on any atom is -0.348 e. The number of halogens is 2. The average Bonchev–Trinajstić information content (AvgIpc) is 2.96. The predicted octanol–water partition coefficient (Wildman–Crippen LogP) is 1.48. The summed E-state index contributed by atoms with van der Waals surface area (Å²) in [7, 11) is -3.41. The largest absolute Gasteiger partial charge is 0.348 e. The van der Waals surface area contributed by atoms with Crippen molar-refractivity contribution in [2.24, 2.45) is 0 Å². The molecule has 2 saturated heterocycles. The van der Waals surface area contributed by atoms with E-state index in [0.29, 0.717) is 25.0 Å². The molecule has 8 nitrogen and oxygen atoms in total. The van der Waals surface area contributed by atoms with Gasteiger partial charge in [0.05, 0.1) is 18.3 Å². The van der Waals surface area contributed by atoms with Gasteiger partial charge in [-0.3, -0.25) is 0 Å². The van der Waals surface area contributed by atoms with E-state index in [1.54, 1.807) is 6.20 Å². The third-order valence-electron chi connectivity index (χ3n) is 5.71. The van der Waals surface area contributed by atoms with E-state index < -0.39 is 28.4 Å². The Morgan fingerprint density at radius 1 is 1.28 bits per heavy atom. The van der Waals surface area contributed by atoms with Crippen LogP contribution >= 0.6 is 0 Å². The summed E-state index contributed by atoms with van der Waals surface area (Å²) in [5.41, 5.74) is 0.612. The van der Waals surface area contributed by atoms with Crippen LogP contribution in [0, 0.1) is 0 Å². The molecule has 2 aromatic heterocycles. The van der Waals surface area contributed by atoms with Crippen LogP contribution < -0.4 is 10.6 Å². The fourth-order valence-electron chi connectivity index (χ4n) is 4.09. The first-order valence-electron chi connectivity index (χ1n) is 9.87. The normalized spacial score (nSPS) is 29.6. The van der Waals surface area contributed by atoms with Gasteiger partial charge in [0.15, 0.2) is 0 Å². The molecule has 0 bridgehead atoms. The van der Waals surface area contributed by atoms with Crippen LogP contribution in [0.2, 0.25) is 0 Å². The maximum atomic E-state index is 14.6. The van der Waals surface area contributed by atoms with E-state index in [9.17, 15) is 17.2 Å². The van der Waals surface area contributed by atoms with Crippen molar-refractivity contribution in [3.8, 4) is 0 Å².